The van der Waals surface area contributed by atoms with Crippen LogP contribution in [0.25, 0.3) is 0 Å². The van der Waals surface area contributed by atoms with Gasteiger partial charge < -0.3 is 14.8 Å². The first-order valence-electron chi connectivity index (χ1n) is 7.18. The lowest BCUT2D eigenvalue weighted by atomic mass is 9.94. The third-order valence-electron chi connectivity index (χ3n) is 3.54. The van der Waals surface area contributed by atoms with Gasteiger partial charge in [-0.3, -0.25) is 0 Å². The molecule has 1 aliphatic carbocycles. The van der Waals surface area contributed by atoms with Gasteiger partial charge >= 0.3 is 0 Å². The largest absolute Gasteiger partial charge is 0.379 e. The number of ether oxygens (including phenoxy) is 2. The van der Waals surface area contributed by atoms with Gasteiger partial charge in [-0.1, -0.05) is 25.7 Å². The molecule has 102 valence electrons. The van der Waals surface area contributed by atoms with Gasteiger partial charge in [0, 0.05) is 12.6 Å². The molecule has 0 amide bonds. The van der Waals surface area contributed by atoms with E-state index in [0.29, 0.717) is 18.8 Å². The van der Waals surface area contributed by atoms with Crippen molar-refractivity contribution < 1.29 is 9.47 Å². The zero-order valence-electron chi connectivity index (χ0n) is 11.7. The first kappa shape index (κ1) is 14.9. The van der Waals surface area contributed by atoms with Crippen molar-refractivity contribution in [1.82, 2.24) is 5.32 Å². The zero-order chi connectivity index (χ0) is 12.5. The monoisotopic (exact) mass is 243 g/mol. The van der Waals surface area contributed by atoms with Crippen LogP contribution in [-0.4, -0.2) is 38.5 Å². The van der Waals surface area contributed by atoms with Crippen LogP contribution in [0, 0.1) is 0 Å². The Morgan fingerprint density at radius 2 is 1.88 bits per heavy atom. The van der Waals surface area contributed by atoms with E-state index in [-0.39, 0.29) is 6.10 Å². The molecule has 1 fully saturated rings. The molecule has 3 heteroatoms. The van der Waals surface area contributed by atoms with Crippen LogP contribution in [-0.2, 0) is 9.47 Å². The quantitative estimate of drug-likeness (QED) is 0.778. The molecule has 1 N–H and O–H groups in total. The molecule has 0 heterocycles. The molecule has 0 spiro atoms. The molecule has 0 bridgehead atoms. The average molecular weight is 243 g/mol. The Morgan fingerprint density at radius 1 is 1.18 bits per heavy atom. The Kier molecular flexibility index (Phi) is 7.82. The Hall–Kier alpha value is -0.120. The van der Waals surface area contributed by atoms with Crippen LogP contribution in [0.5, 0.6) is 0 Å². The molecule has 3 unspecified atom stereocenters. The van der Waals surface area contributed by atoms with Crippen molar-refractivity contribution in [3.63, 3.8) is 0 Å². The van der Waals surface area contributed by atoms with Crippen molar-refractivity contribution in [2.24, 2.45) is 0 Å². The van der Waals surface area contributed by atoms with E-state index in [1.54, 1.807) is 0 Å². The second-order valence-corrected chi connectivity index (χ2v) is 5.03. The molecule has 0 aliphatic heterocycles. The molecular weight excluding hydrogens is 214 g/mol. The van der Waals surface area contributed by atoms with E-state index in [4.69, 9.17) is 9.47 Å². The molecule has 3 atom stereocenters. The van der Waals surface area contributed by atoms with Gasteiger partial charge in [0.05, 0.1) is 18.8 Å². The molecule has 0 saturated heterocycles. The summed E-state index contributed by atoms with van der Waals surface area (Å²) >= 11 is 0. The smallest absolute Gasteiger partial charge is 0.0785 e. The summed E-state index contributed by atoms with van der Waals surface area (Å²) < 4.78 is 11.6. The van der Waals surface area contributed by atoms with E-state index in [9.17, 15) is 0 Å². The van der Waals surface area contributed by atoms with Gasteiger partial charge in [-0.15, -0.1) is 0 Å². The van der Waals surface area contributed by atoms with Gasteiger partial charge in [0.25, 0.3) is 0 Å². The van der Waals surface area contributed by atoms with Gasteiger partial charge in [-0.25, -0.2) is 0 Å². The Labute approximate surface area is 106 Å². The maximum Gasteiger partial charge on any atom is 0.0785 e. The summed E-state index contributed by atoms with van der Waals surface area (Å²) in [7, 11) is 2.05. The summed E-state index contributed by atoms with van der Waals surface area (Å²) in [4.78, 5) is 0. The Morgan fingerprint density at radius 3 is 2.53 bits per heavy atom. The minimum Gasteiger partial charge on any atom is -0.379 e. The molecule has 1 aliphatic rings. The van der Waals surface area contributed by atoms with Crippen LogP contribution in [0.2, 0.25) is 0 Å². The predicted octanol–water partition coefficient (Wildman–Crippen LogP) is 2.74. The third kappa shape index (κ3) is 5.84. The van der Waals surface area contributed by atoms with E-state index in [2.05, 4.69) is 19.3 Å². The van der Waals surface area contributed by atoms with Crippen molar-refractivity contribution >= 4 is 0 Å². The fraction of sp³-hybridized carbons (Fsp3) is 1.00. The highest BCUT2D eigenvalue weighted by Gasteiger charge is 2.23. The third-order valence-corrected chi connectivity index (χ3v) is 3.54. The van der Waals surface area contributed by atoms with Crippen molar-refractivity contribution in [1.29, 1.82) is 0 Å². The Bertz CT molecular complexity index is 187. The van der Waals surface area contributed by atoms with Crippen molar-refractivity contribution in [3.8, 4) is 0 Å². The van der Waals surface area contributed by atoms with Crippen molar-refractivity contribution in [2.75, 3.05) is 20.3 Å². The van der Waals surface area contributed by atoms with Crippen LogP contribution in [0.3, 0.4) is 0 Å². The minimum absolute atomic E-state index is 0.204. The first-order chi connectivity index (χ1) is 8.27. The van der Waals surface area contributed by atoms with E-state index in [0.717, 1.165) is 6.61 Å². The summed E-state index contributed by atoms with van der Waals surface area (Å²) in [5.41, 5.74) is 0. The number of hydrogen-bond acceptors (Lipinski definition) is 3. The van der Waals surface area contributed by atoms with Gasteiger partial charge in [-0.05, 0) is 33.7 Å². The summed E-state index contributed by atoms with van der Waals surface area (Å²) in [6, 6.07) is 0.513. The number of rotatable bonds is 6. The van der Waals surface area contributed by atoms with E-state index in [1.165, 1.54) is 38.5 Å². The van der Waals surface area contributed by atoms with E-state index >= 15 is 0 Å². The molecule has 0 aromatic carbocycles. The fourth-order valence-electron chi connectivity index (χ4n) is 2.57. The number of likely N-dealkylation sites (N-methyl/N-ethyl adjacent to an activating group) is 1. The summed E-state index contributed by atoms with van der Waals surface area (Å²) in [5.74, 6) is 0. The van der Waals surface area contributed by atoms with Gasteiger partial charge in [0.2, 0.25) is 0 Å². The standard InChI is InChI=1S/C14H29NO2/c1-4-16-11-12(2)17-14-10-8-6-5-7-9-13(14)15-3/h12-15H,4-11H2,1-3H3. The second-order valence-electron chi connectivity index (χ2n) is 5.03. The molecule has 1 rings (SSSR count). The molecule has 0 radical (unpaired) electrons. The van der Waals surface area contributed by atoms with Crippen LogP contribution in [0.4, 0.5) is 0 Å². The van der Waals surface area contributed by atoms with Crippen LogP contribution >= 0.6 is 0 Å². The molecule has 0 aromatic heterocycles. The summed E-state index contributed by atoms with van der Waals surface area (Å²) in [6.07, 6.45) is 8.33. The van der Waals surface area contributed by atoms with Crippen LogP contribution in [0.15, 0.2) is 0 Å². The van der Waals surface area contributed by atoms with Crippen LogP contribution < -0.4 is 5.32 Å². The first-order valence-corrected chi connectivity index (χ1v) is 7.18. The van der Waals surface area contributed by atoms with Crippen molar-refractivity contribution in [2.45, 2.75) is 70.6 Å². The maximum atomic E-state index is 6.14. The summed E-state index contributed by atoms with van der Waals surface area (Å²) in [6.45, 7) is 5.62. The normalized spacial score (nSPS) is 28.4. The summed E-state index contributed by atoms with van der Waals surface area (Å²) in [5, 5.41) is 3.42. The maximum absolute atomic E-state index is 6.14. The molecule has 0 aromatic rings. The zero-order valence-corrected chi connectivity index (χ0v) is 11.7. The molecule has 1 saturated carbocycles. The van der Waals surface area contributed by atoms with E-state index in [1.807, 2.05) is 6.92 Å². The highest BCUT2D eigenvalue weighted by molar-refractivity contribution is 4.79. The average Bonchev–Trinajstić information content (AvgIpc) is 2.30. The Balaban J connectivity index is 2.38. The van der Waals surface area contributed by atoms with E-state index < -0.39 is 0 Å². The highest BCUT2D eigenvalue weighted by Crippen LogP contribution is 2.21. The lowest BCUT2D eigenvalue weighted by Crippen LogP contribution is -2.42. The topological polar surface area (TPSA) is 30.5 Å². The number of hydrogen-bond donors (Lipinski definition) is 1. The number of nitrogens with one attached hydrogen (secondary N) is 1. The van der Waals surface area contributed by atoms with Crippen LogP contribution in [0.1, 0.15) is 52.4 Å². The molecule has 3 nitrogen and oxygen atoms in total. The SMILES string of the molecule is CCOCC(C)OC1CCCCCCC1NC. The minimum atomic E-state index is 0.204. The molecular formula is C14H29NO2. The molecule has 17 heavy (non-hydrogen) atoms. The predicted molar refractivity (Wildman–Crippen MR) is 71.4 cm³/mol. The van der Waals surface area contributed by atoms with Gasteiger partial charge in [-0.2, -0.15) is 0 Å². The lowest BCUT2D eigenvalue weighted by molar-refractivity contribution is -0.0651. The van der Waals surface area contributed by atoms with Gasteiger partial charge in [0.1, 0.15) is 0 Å². The lowest BCUT2D eigenvalue weighted by Gasteiger charge is -2.31. The van der Waals surface area contributed by atoms with Gasteiger partial charge in [0.15, 0.2) is 0 Å². The highest BCUT2D eigenvalue weighted by atomic mass is 16.5. The second kappa shape index (κ2) is 8.90. The fourth-order valence-corrected chi connectivity index (χ4v) is 2.57. The van der Waals surface area contributed by atoms with Crippen molar-refractivity contribution in [3.05, 3.63) is 0 Å².